The van der Waals surface area contributed by atoms with E-state index in [-0.39, 0.29) is 5.41 Å². The van der Waals surface area contributed by atoms with Crippen LogP contribution < -0.4 is 0 Å². The molecule has 2 unspecified atom stereocenters. The van der Waals surface area contributed by atoms with Crippen molar-refractivity contribution in [3.05, 3.63) is 35.4 Å². The minimum atomic E-state index is 0.0884. The van der Waals surface area contributed by atoms with Crippen LogP contribution >= 0.6 is 0 Å². The van der Waals surface area contributed by atoms with Gasteiger partial charge >= 0.3 is 0 Å². The number of hydrogen-bond donors (Lipinski definition) is 1. The molecule has 0 spiro atoms. The summed E-state index contributed by atoms with van der Waals surface area (Å²) in [6.45, 7) is 2.54. The van der Waals surface area contributed by atoms with Crippen molar-refractivity contribution in [2.75, 3.05) is 6.61 Å². The molecule has 3 rings (SSSR count). The summed E-state index contributed by atoms with van der Waals surface area (Å²) in [6.07, 6.45) is 8.07. The Bertz CT molecular complexity index is 398. The first-order chi connectivity index (χ1) is 8.76. The van der Waals surface area contributed by atoms with Crippen LogP contribution in [0.1, 0.15) is 62.5 Å². The van der Waals surface area contributed by atoms with Crippen LogP contribution in [0.5, 0.6) is 0 Å². The molecule has 98 valence electrons. The van der Waals surface area contributed by atoms with Crippen molar-refractivity contribution in [3.8, 4) is 0 Å². The van der Waals surface area contributed by atoms with Crippen molar-refractivity contribution < 1.29 is 5.11 Å². The summed E-state index contributed by atoms with van der Waals surface area (Å²) in [5.41, 5.74) is 2.95. The number of aliphatic hydroxyl groups excluding tert-OH is 1. The fourth-order valence-corrected chi connectivity index (χ4v) is 3.72. The van der Waals surface area contributed by atoms with E-state index in [1.54, 1.807) is 0 Å². The largest absolute Gasteiger partial charge is 0.395 e. The lowest BCUT2D eigenvalue weighted by Crippen LogP contribution is -2.15. The van der Waals surface area contributed by atoms with Crippen LogP contribution in [0, 0.1) is 5.92 Å². The predicted molar refractivity (Wildman–Crippen MR) is 74.8 cm³/mol. The van der Waals surface area contributed by atoms with Gasteiger partial charge in [-0.05, 0) is 42.2 Å². The fraction of sp³-hybridized carbons (Fsp3) is 0.647. The Labute approximate surface area is 110 Å². The number of rotatable bonds is 3. The van der Waals surface area contributed by atoms with Crippen LogP contribution in [0.3, 0.4) is 0 Å². The quantitative estimate of drug-likeness (QED) is 0.852. The van der Waals surface area contributed by atoms with Gasteiger partial charge in [-0.1, -0.05) is 50.5 Å². The Morgan fingerprint density at radius 3 is 2.22 bits per heavy atom. The van der Waals surface area contributed by atoms with Crippen molar-refractivity contribution in [3.63, 3.8) is 0 Å². The molecule has 0 heterocycles. The molecule has 1 aromatic rings. The van der Waals surface area contributed by atoms with Gasteiger partial charge in [0.05, 0.1) is 6.61 Å². The maximum Gasteiger partial charge on any atom is 0.0530 e. The summed E-state index contributed by atoms with van der Waals surface area (Å²) in [7, 11) is 0. The third kappa shape index (κ3) is 1.99. The molecule has 0 aromatic heterocycles. The van der Waals surface area contributed by atoms with Crippen LogP contribution in [0.25, 0.3) is 0 Å². The van der Waals surface area contributed by atoms with Gasteiger partial charge in [-0.25, -0.2) is 0 Å². The van der Waals surface area contributed by atoms with Crippen LogP contribution in [-0.4, -0.2) is 11.7 Å². The van der Waals surface area contributed by atoms with E-state index in [0.29, 0.717) is 12.5 Å². The zero-order valence-corrected chi connectivity index (χ0v) is 11.4. The molecule has 0 saturated heterocycles. The van der Waals surface area contributed by atoms with E-state index in [4.69, 9.17) is 0 Å². The minimum Gasteiger partial charge on any atom is -0.395 e. The van der Waals surface area contributed by atoms with Crippen molar-refractivity contribution in [2.24, 2.45) is 5.92 Å². The Hall–Kier alpha value is -0.820. The molecule has 2 atom stereocenters. The van der Waals surface area contributed by atoms with Gasteiger partial charge in [0.1, 0.15) is 0 Å². The molecule has 2 aliphatic rings. The molecule has 1 aromatic carbocycles. The first-order valence-corrected chi connectivity index (χ1v) is 7.47. The summed E-state index contributed by atoms with van der Waals surface area (Å²) in [5, 5.41) is 9.60. The molecular formula is C17H24O. The molecule has 0 radical (unpaired) electrons. The molecule has 2 saturated carbocycles. The van der Waals surface area contributed by atoms with Crippen LogP contribution in [-0.2, 0) is 5.41 Å². The van der Waals surface area contributed by atoms with Crippen LogP contribution in [0.15, 0.2) is 24.3 Å². The minimum absolute atomic E-state index is 0.0884. The van der Waals surface area contributed by atoms with E-state index in [1.807, 2.05) is 0 Å². The molecule has 0 aliphatic heterocycles. The van der Waals surface area contributed by atoms with E-state index >= 15 is 0 Å². The van der Waals surface area contributed by atoms with Crippen LogP contribution in [0.4, 0.5) is 0 Å². The van der Waals surface area contributed by atoms with Crippen molar-refractivity contribution in [1.82, 2.24) is 0 Å². The average molecular weight is 244 g/mol. The van der Waals surface area contributed by atoms with Crippen molar-refractivity contribution in [1.29, 1.82) is 0 Å². The van der Waals surface area contributed by atoms with Crippen molar-refractivity contribution >= 4 is 0 Å². The summed E-state index contributed by atoms with van der Waals surface area (Å²) in [4.78, 5) is 0. The molecule has 1 heteroatoms. The lowest BCUT2D eigenvalue weighted by Gasteiger charge is -2.23. The molecule has 1 N–H and O–H groups in total. The second kappa shape index (κ2) is 4.70. The van der Waals surface area contributed by atoms with Gasteiger partial charge < -0.3 is 5.11 Å². The molecule has 18 heavy (non-hydrogen) atoms. The highest BCUT2D eigenvalue weighted by Crippen LogP contribution is 2.53. The molecule has 0 bridgehead atoms. The summed E-state index contributed by atoms with van der Waals surface area (Å²) in [5.74, 6) is 1.43. The standard InChI is InChI=1S/C17H24O/c1-13-11-17(13,12-18)16-9-7-15(8-10-16)14-5-3-2-4-6-14/h7-10,13-14,18H,2-6,11-12H2,1H3. The maximum absolute atomic E-state index is 9.60. The Morgan fingerprint density at radius 2 is 1.72 bits per heavy atom. The zero-order chi connectivity index (χ0) is 12.6. The van der Waals surface area contributed by atoms with Gasteiger partial charge in [0.15, 0.2) is 0 Å². The molecule has 0 amide bonds. The lowest BCUT2D eigenvalue weighted by molar-refractivity contribution is 0.247. The van der Waals surface area contributed by atoms with E-state index in [1.165, 1.54) is 43.2 Å². The molecule has 1 nitrogen and oxygen atoms in total. The van der Waals surface area contributed by atoms with E-state index < -0.39 is 0 Å². The van der Waals surface area contributed by atoms with E-state index in [0.717, 1.165) is 12.3 Å². The number of aliphatic hydroxyl groups is 1. The highest BCUT2D eigenvalue weighted by Gasteiger charge is 2.51. The maximum atomic E-state index is 9.60. The Balaban J connectivity index is 1.77. The predicted octanol–water partition coefficient (Wildman–Crippen LogP) is 4.00. The highest BCUT2D eigenvalue weighted by atomic mass is 16.3. The van der Waals surface area contributed by atoms with Gasteiger partial charge in [-0.3, -0.25) is 0 Å². The van der Waals surface area contributed by atoms with E-state index in [9.17, 15) is 5.11 Å². The van der Waals surface area contributed by atoms with Gasteiger partial charge in [-0.15, -0.1) is 0 Å². The first kappa shape index (κ1) is 12.2. The SMILES string of the molecule is CC1CC1(CO)c1ccc(C2CCCCC2)cc1. The number of benzene rings is 1. The highest BCUT2D eigenvalue weighted by molar-refractivity contribution is 5.36. The normalized spacial score (nSPS) is 32.4. The third-order valence-electron chi connectivity index (χ3n) is 5.30. The van der Waals surface area contributed by atoms with Crippen LogP contribution in [0.2, 0.25) is 0 Å². The Kier molecular flexibility index (Phi) is 3.19. The van der Waals surface area contributed by atoms with Gasteiger partial charge in [0.2, 0.25) is 0 Å². The van der Waals surface area contributed by atoms with Gasteiger partial charge in [0.25, 0.3) is 0 Å². The van der Waals surface area contributed by atoms with Gasteiger partial charge in [0, 0.05) is 5.41 Å². The molecule has 2 aliphatic carbocycles. The first-order valence-electron chi connectivity index (χ1n) is 7.47. The fourth-order valence-electron chi connectivity index (χ4n) is 3.72. The zero-order valence-electron chi connectivity index (χ0n) is 11.4. The number of hydrogen-bond acceptors (Lipinski definition) is 1. The second-order valence-electron chi connectivity index (χ2n) is 6.38. The van der Waals surface area contributed by atoms with Crippen molar-refractivity contribution in [2.45, 2.75) is 56.8 Å². The molecule has 2 fully saturated rings. The average Bonchev–Trinajstić information content (AvgIpc) is 3.12. The van der Waals surface area contributed by atoms with E-state index in [2.05, 4.69) is 31.2 Å². The third-order valence-corrected chi connectivity index (χ3v) is 5.30. The topological polar surface area (TPSA) is 20.2 Å². The summed E-state index contributed by atoms with van der Waals surface area (Å²) < 4.78 is 0. The lowest BCUT2D eigenvalue weighted by atomic mass is 9.83. The molecular weight excluding hydrogens is 220 g/mol. The smallest absolute Gasteiger partial charge is 0.0530 e. The summed E-state index contributed by atoms with van der Waals surface area (Å²) >= 11 is 0. The monoisotopic (exact) mass is 244 g/mol. The Morgan fingerprint density at radius 1 is 1.11 bits per heavy atom. The summed E-state index contributed by atoms with van der Waals surface area (Å²) in [6, 6.07) is 9.16. The van der Waals surface area contributed by atoms with Gasteiger partial charge in [-0.2, -0.15) is 0 Å². The second-order valence-corrected chi connectivity index (χ2v) is 6.38.